The van der Waals surface area contributed by atoms with Gasteiger partial charge in [-0.15, -0.1) is 5.10 Å². The van der Waals surface area contributed by atoms with Crippen molar-refractivity contribution in [2.24, 2.45) is 0 Å². The van der Waals surface area contributed by atoms with E-state index in [2.05, 4.69) is 10.1 Å². The third-order valence-electron chi connectivity index (χ3n) is 1.63. The molecule has 0 radical (unpaired) electrons. The number of carbonyl (C=O) groups excluding carboxylic acids is 1. The predicted octanol–water partition coefficient (Wildman–Crippen LogP) is -0.170. The van der Waals surface area contributed by atoms with Gasteiger partial charge in [0.15, 0.2) is 17.8 Å². The van der Waals surface area contributed by atoms with Gasteiger partial charge in [-0.25, -0.2) is 9.50 Å². The number of aromatic hydroxyl groups is 1. The van der Waals surface area contributed by atoms with Crippen LogP contribution in [0.2, 0.25) is 0 Å². The minimum absolute atomic E-state index is 0.00412. The molecule has 0 amide bonds. The van der Waals surface area contributed by atoms with E-state index in [1.165, 1.54) is 16.9 Å². The van der Waals surface area contributed by atoms with Crippen molar-refractivity contribution in [3.8, 4) is 5.75 Å². The first-order valence-corrected chi connectivity index (χ1v) is 3.50. The molecule has 2 heterocycles. The van der Waals surface area contributed by atoms with Crippen molar-refractivity contribution in [2.45, 2.75) is 0 Å². The molecule has 0 unspecified atom stereocenters. The molecular weight excluding hydrogens is 172 g/mol. The standard InChI is InChI=1S/C7H6N4O2/c8-6-5(13)7-9-1-4(3-12)2-11(7)10-6/h1-3,13H,(H2,8,10). The summed E-state index contributed by atoms with van der Waals surface area (Å²) in [7, 11) is 0. The van der Waals surface area contributed by atoms with Crippen LogP contribution in [0.15, 0.2) is 12.4 Å². The van der Waals surface area contributed by atoms with Gasteiger partial charge in [0.05, 0.1) is 5.56 Å². The summed E-state index contributed by atoms with van der Waals surface area (Å²) in [6, 6.07) is 0. The molecule has 0 aromatic carbocycles. The normalized spacial score (nSPS) is 10.5. The number of hydrogen-bond donors (Lipinski definition) is 2. The van der Waals surface area contributed by atoms with Gasteiger partial charge in [-0.3, -0.25) is 4.79 Å². The summed E-state index contributed by atoms with van der Waals surface area (Å²) in [5.74, 6) is -0.173. The van der Waals surface area contributed by atoms with Crippen LogP contribution in [-0.4, -0.2) is 26.0 Å². The SMILES string of the molecule is Nc1nn2cc(C=O)cnc2c1O. The first-order chi connectivity index (χ1) is 6.22. The quantitative estimate of drug-likeness (QED) is 0.591. The number of carbonyl (C=O) groups is 1. The van der Waals surface area contributed by atoms with Gasteiger partial charge in [-0.2, -0.15) is 0 Å². The van der Waals surface area contributed by atoms with Crippen LogP contribution in [0.3, 0.4) is 0 Å². The molecule has 2 aromatic heterocycles. The second kappa shape index (κ2) is 2.44. The van der Waals surface area contributed by atoms with E-state index in [9.17, 15) is 9.90 Å². The zero-order valence-electron chi connectivity index (χ0n) is 6.51. The molecule has 0 atom stereocenters. The molecule has 0 saturated heterocycles. The van der Waals surface area contributed by atoms with Crippen LogP contribution in [-0.2, 0) is 0 Å². The summed E-state index contributed by atoms with van der Waals surface area (Å²) < 4.78 is 1.26. The molecule has 3 N–H and O–H groups in total. The summed E-state index contributed by atoms with van der Waals surface area (Å²) in [6.45, 7) is 0. The summed E-state index contributed by atoms with van der Waals surface area (Å²) in [5.41, 5.74) is 5.94. The highest BCUT2D eigenvalue weighted by atomic mass is 16.3. The maximum atomic E-state index is 10.4. The van der Waals surface area contributed by atoms with E-state index < -0.39 is 0 Å². The van der Waals surface area contributed by atoms with Crippen LogP contribution in [0.25, 0.3) is 5.65 Å². The molecule has 6 heteroatoms. The Kier molecular flexibility index (Phi) is 1.42. The van der Waals surface area contributed by atoms with Crippen LogP contribution < -0.4 is 5.73 Å². The molecule has 13 heavy (non-hydrogen) atoms. The summed E-state index contributed by atoms with van der Waals surface area (Å²) in [4.78, 5) is 14.2. The molecule has 66 valence electrons. The Morgan fingerprint density at radius 1 is 1.62 bits per heavy atom. The number of anilines is 1. The molecule has 0 bridgehead atoms. The minimum atomic E-state index is -0.169. The lowest BCUT2D eigenvalue weighted by atomic mass is 10.4. The Morgan fingerprint density at radius 2 is 2.38 bits per heavy atom. The van der Waals surface area contributed by atoms with Crippen LogP contribution in [0, 0.1) is 0 Å². The van der Waals surface area contributed by atoms with Crippen molar-refractivity contribution >= 4 is 17.8 Å². The Bertz CT molecular complexity index is 477. The predicted molar refractivity (Wildman–Crippen MR) is 44.5 cm³/mol. The molecule has 0 saturated carbocycles. The lowest BCUT2D eigenvalue weighted by Crippen LogP contribution is -1.93. The van der Waals surface area contributed by atoms with Gasteiger partial charge in [0.1, 0.15) is 0 Å². The second-order valence-corrected chi connectivity index (χ2v) is 2.51. The molecule has 2 aromatic rings. The molecule has 6 nitrogen and oxygen atoms in total. The van der Waals surface area contributed by atoms with Crippen molar-refractivity contribution in [2.75, 3.05) is 5.73 Å². The Hall–Kier alpha value is -2.11. The van der Waals surface area contributed by atoms with Crippen molar-refractivity contribution < 1.29 is 9.90 Å². The van der Waals surface area contributed by atoms with Gasteiger partial charge in [0.2, 0.25) is 5.75 Å². The lowest BCUT2D eigenvalue weighted by Gasteiger charge is -1.91. The van der Waals surface area contributed by atoms with Gasteiger partial charge in [-0.1, -0.05) is 0 Å². The number of hydrogen-bond acceptors (Lipinski definition) is 5. The largest absolute Gasteiger partial charge is 0.502 e. The average Bonchev–Trinajstić information content (AvgIpc) is 2.42. The summed E-state index contributed by atoms with van der Waals surface area (Å²) in [6.07, 6.45) is 3.41. The maximum Gasteiger partial charge on any atom is 0.205 e. The number of nitrogens with two attached hydrogens (primary N) is 1. The lowest BCUT2D eigenvalue weighted by molar-refractivity contribution is 0.112. The van der Waals surface area contributed by atoms with Gasteiger partial charge in [0, 0.05) is 12.4 Å². The Morgan fingerprint density at radius 3 is 3.08 bits per heavy atom. The van der Waals surface area contributed by atoms with Crippen LogP contribution in [0.5, 0.6) is 5.75 Å². The minimum Gasteiger partial charge on any atom is -0.502 e. The van der Waals surface area contributed by atoms with Crippen molar-refractivity contribution in [1.29, 1.82) is 0 Å². The number of aromatic nitrogens is 3. The molecule has 0 spiro atoms. The third-order valence-corrected chi connectivity index (χ3v) is 1.63. The maximum absolute atomic E-state index is 10.4. The van der Waals surface area contributed by atoms with Crippen molar-refractivity contribution in [3.05, 3.63) is 18.0 Å². The zero-order valence-corrected chi connectivity index (χ0v) is 6.51. The fraction of sp³-hybridized carbons (Fsp3) is 0. The first kappa shape index (κ1) is 7.53. The first-order valence-electron chi connectivity index (χ1n) is 3.50. The highest BCUT2D eigenvalue weighted by Crippen LogP contribution is 2.22. The second-order valence-electron chi connectivity index (χ2n) is 2.51. The van der Waals surface area contributed by atoms with E-state index in [-0.39, 0.29) is 17.2 Å². The van der Waals surface area contributed by atoms with Crippen LogP contribution in [0.4, 0.5) is 5.82 Å². The van der Waals surface area contributed by atoms with Crippen LogP contribution >= 0.6 is 0 Å². The van der Waals surface area contributed by atoms with Crippen molar-refractivity contribution in [3.63, 3.8) is 0 Å². The fourth-order valence-electron chi connectivity index (χ4n) is 1.02. The zero-order chi connectivity index (χ0) is 9.42. The van der Waals surface area contributed by atoms with E-state index in [1.54, 1.807) is 0 Å². The third kappa shape index (κ3) is 0.994. The number of rotatable bonds is 1. The van der Waals surface area contributed by atoms with E-state index in [4.69, 9.17) is 5.73 Å². The number of aldehydes is 1. The monoisotopic (exact) mass is 178 g/mol. The smallest absolute Gasteiger partial charge is 0.205 e. The molecule has 0 fully saturated rings. The molecule has 0 aliphatic rings. The van der Waals surface area contributed by atoms with Gasteiger partial charge < -0.3 is 10.8 Å². The number of nitrogen functional groups attached to an aromatic ring is 1. The van der Waals surface area contributed by atoms with E-state index in [0.29, 0.717) is 11.8 Å². The number of fused-ring (bicyclic) bond motifs is 1. The molecule has 2 rings (SSSR count). The Labute approximate surface area is 72.6 Å². The van der Waals surface area contributed by atoms with Crippen LogP contribution in [0.1, 0.15) is 10.4 Å². The molecule has 0 aliphatic carbocycles. The van der Waals surface area contributed by atoms with Gasteiger partial charge in [0.25, 0.3) is 0 Å². The van der Waals surface area contributed by atoms with E-state index in [0.717, 1.165) is 0 Å². The molecular formula is C7H6N4O2. The molecule has 0 aliphatic heterocycles. The van der Waals surface area contributed by atoms with Gasteiger partial charge >= 0.3 is 0 Å². The van der Waals surface area contributed by atoms with E-state index in [1.807, 2.05) is 0 Å². The van der Waals surface area contributed by atoms with Crippen molar-refractivity contribution in [1.82, 2.24) is 14.6 Å². The Balaban J connectivity index is 2.79. The number of nitrogens with zero attached hydrogens (tertiary/aromatic N) is 3. The summed E-state index contributed by atoms with van der Waals surface area (Å²) in [5, 5.41) is 13.0. The topological polar surface area (TPSA) is 93.5 Å². The van der Waals surface area contributed by atoms with Gasteiger partial charge in [-0.05, 0) is 0 Å². The summed E-state index contributed by atoms with van der Waals surface area (Å²) >= 11 is 0. The highest BCUT2D eigenvalue weighted by molar-refractivity contribution is 5.75. The average molecular weight is 178 g/mol. The highest BCUT2D eigenvalue weighted by Gasteiger charge is 2.09. The van der Waals surface area contributed by atoms with E-state index >= 15 is 0 Å². The fourth-order valence-corrected chi connectivity index (χ4v) is 1.02.